The summed E-state index contributed by atoms with van der Waals surface area (Å²) in [6.45, 7) is 1.96. The summed E-state index contributed by atoms with van der Waals surface area (Å²) in [5, 5.41) is 8.04. The van der Waals surface area contributed by atoms with Crippen LogP contribution in [-0.4, -0.2) is 10.2 Å². The van der Waals surface area contributed by atoms with Crippen LogP contribution < -0.4 is 0 Å². The van der Waals surface area contributed by atoms with Gasteiger partial charge in [0.15, 0.2) is 0 Å². The lowest BCUT2D eigenvalue weighted by atomic mass is 10.4. The molecule has 1 atom stereocenters. The van der Waals surface area contributed by atoms with Crippen LogP contribution in [0.3, 0.4) is 0 Å². The molecule has 6 heavy (non-hydrogen) atoms. The summed E-state index contributed by atoms with van der Waals surface area (Å²) >= 11 is 0. The van der Waals surface area contributed by atoms with E-state index >= 15 is 0 Å². The van der Waals surface area contributed by atoms with Crippen molar-refractivity contribution in [3.8, 4) is 6.07 Å². The van der Waals surface area contributed by atoms with E-state index in [2.05, 4.69) is 10.2 Å². The topological polar surface area (TPSA) is 23.8 Å². The fourth-order valence-electron chi connectivity index (χ4n) is 0.0913. The first kappa shape index (κ1) is 5.71. The predicted molar refractivity (Wildman–Crippen MR) is 25.4 cm³/mol. The lowest BCUT2D eigenvalue weighted by Crippen LogP contribution is -1.80. The van der Waals surface area contributed by atoms with Crippen LogP contribution in [-0.2, 0) is 0 Å². The predicted octanol–water partition coefficient (Wildman–Crippen LogP) is 0.877. The van der Waals surface area contributed by atoms with Gasteiger partial charge in [-0.3, -0.25) is 0 Å². The lowest BCUT2D eigenvalue weighted by molar-refractivity contribution is 0.963. The van der Waals surface area contributed by atoms with E-state index in [0.29, 0.717) is 0 Å². The van der Waals surface area contributed by atoms with Crippen LogP contribution >= 0.6 is 0 Å². The quantitative estimate of drug-likeness (QED) is 0.444. The maximum absolute atomic E-state index is 8.04. The zero-order valence-electron chi connectivity index (χ0n) is 3.73. The van der Waals surface area contributed by atoms with Crippen molar-refractivity contribution in [2.75, 3.05) is 0 Å². The minimum Gasteiger partial charge on any atom is -0.198 e. The van der Waals surface area contributed by atoms with E-state index in [4.69, 9.17) is 5.26 Å². The molecule has 0 fully saturated rings. The second-order valence-corrected chi connectivity index (χ2v) is 1.79. The van der Waals surface area contributed by atoms with E-state index < -0.39 is 0 Å². The van der Waals surface area contributed by atoms with Gasteiger partial charge >= 0.3 is 0 Å². The second-order valence-electron chi connectivity index (χ2n) is 1.09. The fraction of sp³-hybridized carbons (Fsp3) is 0.750. The van der Waals surface area contributed by atoms with E-state index in [1.165, 1.54) is 0 Å². The van der Waals surface area contributed by atoms with Crippen LogP contribution in [0.5, 0.6) is 0 Å². The van der Waals surface area contributed by atoms with Crippen molar-refractivity contribution in [3.63, 3.8) is 0 Å². The Hall–Kier alpha value is -0.293. The Bertz CT molecular complexity index is 64.4. The van der Waals surface area contributed by atoms with Crippen molar-refractivity contribution >= 4 is 10.2 Å². The molecule has 0 bridgehead atoms. The molecule has 0 aliphatic heterocycles. The molecule has 0 spiro atoms. The molecule has 3 radical (unpaired) electrons. The minimum atomic E-state index is 0.0463. The number of hydrogen-bond donors (Lipinski definition) is 0. The van der Waals surface area contributed by atoms with E-state index in [-0.39, 0.29) is 5.54 Å². The van der Waals surface area contributed by atoms with Crippen molar-refractivity contribution < 1.29 is 0 Å². The highest BCUT2D eigenvalue weighted by Gasteiger charge is 1.89. The molecule has 0 N–H and O–H groups in total. The molecule has 0 aliphatic rings. The minimum absolute atomic E-state index is 0.0463. The standard InChI is InChI=1S/C4H6NSi/c1-2-4(6)3-5/h4H,2H2,1H3. The highest BCUT2D eigenvalue weighted by Crippen LogP contribution is 1.98. The van der Waals surface area contributed by atoms with Crippen LogP contribution in [0.25, 0.3) is 0 Å². The summed E-state index contributed by atoms with van der Waals surface area (Å²) in [5.74, 6) is 0. The van der Waals surface area contributed by atoms with Crippen LogP contribution in [0.1, 0.15) is 13.3 Å². The Labute approximate surface area is 41.4 Å². The summed E-state index contributed by atoms with van der Waals surface area (Å²) in [4.78, 5) is 0. The average molecular weight is 96.2 g/mol. The molecule has 0 aromatic rings. The highest BCUT2D eigenvalue weighted by atomic mass is 28.1. The Kier molecular flexibility index (Phi) is 2.78. The van der Waals surface area contributed by atoms with Gasteiger partial charge in [0, 0.05) is 15.8 Å². The molecule has 0 aromatic carbocycles. The van der Waals surface area contributed by atoms with Crippen LogP contribution in [0.2, 0.25) is 5.54 Å². The van der Waals surface area contributed by atoms with Crippen LogP contribution in [0.15, 0.2) is 0 Å². The first-order chi connectivity index (χ1) is 2.81. The normalized spacial score (nSPS) is 12.8. The van der Waals surface area contributed by atoms with Gasteiger partial charge in [-0.1, -0.05) is 6.92 Å². The van der Waals surface area contributed by atoms with Crippen LogP contribution in [0, 0.1) is 11.3 Å². The average Bonchev–Trinajstić information content (AvgIpc) is 1.65. The Morgan fingerprint density at radius 3 is 2.50 bits per heavy atom. The van der Waals surface area contributed by atoms with Gasteiger partial charge in [0.2, 0.25) is 0 Å². The molecule has 2 heteroatoms. The smallest absolute Gasteiger partial charge is 0.0615 e. The van der Waals surface area contributed by atoms with Gasteiger partial charge in [-0.25, -0.2) is 0 Å². The largest absolute Gasteiger partial charge is 0.198 e. The monoisotopic (exact) mass is 96.0 g/mol. The molecule has 0 heterocycles. The number of rotatable bonds is 1. The molecular weight excluding hydrogens is 90.1 g/mol. The van der Waals surface area contributed by atoms with Gasteiger partial charge in [-0.15, -0.1) is 0 Å². The summed E-state index contributed by atoms with van der Waals surface area (Å²) in [6.07, 6.45) is 0.882. The van der Waals surface area contributed by atoms with Crippen molar-refractivity contribution in [1.82, 2.24) is 0 Å². The molecular formula is C4H6NSi. The molecule has 0 saturated carbocycles. The molecule has 1 nitrogen and oxygen atoms in total. The van der Waals surface area contributed by atoms with Crippen molar-refractivity contribution in [2.24, 2.45) is 0 Å². The molecule has 0 amide bonds. The molecule has 0 rings (SSSR count). The molecule has 0 aliphatic carbocycles. The third kappa shape index (κ3) is 1.98. The molecule has 0 saturated heterocycles. The Morgan fingerprint density at radius 2 is 2.50 bits per heavy atom. The maximum atomic E-state index is 8.04. The lowest BCUT2D eigenvalue weighted by Gasteiger charge is -1.86. The third-order valence-electron chi connectivity index (χ3n) is 0.564. The van der Waals surface area contributed by atoms with Crippen molar-refractivity contribution in [3.05, 3.63) is 0 Å². The highest BCUT2D eigenvalue weighted by molar-refractivity contribution is 6.13. The fourth-order valence-corrected chi connectivity index (χ4v) is 0.0913. The third-order valence-corrected chi connectivity index (χ3v) is 1.10. The summed E-state index contributed by atoms with van der Waals surface area (Å²) in [5.41, 5.74) is 0.0463. The SMILES string of the molecule is CCC([Si])C#N. The van der Waals surface area contributed by atoms with E-state index in [1.807, 2.05) is 13.0 Å². The van der Waals surface area contributed by atoms with E-state index in [9.17, 15) is 0 Å². The zero-order valence-corrected chi connectivity index (χ0v) is 4.73. The Morgan fingerprint density at radius 1 is 2.00 bits per heavy atom. The summed E-state index contributed by atoms with van der Waals surface area (Å²) in [7, 11) is 3.16. The van der Waals surface area contributed by atoms with Gasteiger partial charge < -0.3 is 0 Å². The van der Waals surface area contributed by atoms with Gasteiger partial charge in [0.25, 0.3) is 0 Å². The number of hydrogen-bond acceptors (Lipinski definition) is 1. The first-order valence-corrected chi connectivity index (χ1v) is 2.49. The number of nitriles is 1. The van der Waals surface area contributed by atoms with Gasteiger partial charge in [-0.2, -0.15) is 5.26 Å². The van der Waals surface area contributed by atoms with Gasteiger partial charge in [0.1, 0.15) is 0 Å². The summed E-state index contributed by atoms with van der Waals surface area (Å²) in [6, 6.07) is 2.03. The maximum Gasteiger partial charge on any atom is 0.0615 e. The van der Waals surface area contributed by atoms with Crippen molar-refractivity contribution in [1.29, 1.82) is 5.26 Å². The zero-order chi connectivity index (χ0) is 4.99. The number of nitrogens with zero attached hydrogens (tertiary/aromatic N) is 1. The Balaban J connectivity index is 3.04. The van der Waals surface area contributed by atoms with Crippen molar-refractivity contribution in [2.45, 2.75) is 18.9 Å². The summed E-state index contributed by atoms with van der Waals surface area (Å²) < 4.78 is 0. The molecule has 0 aromatic heterocycles. The van der Waals surface area contributed by atoms with Gasteiger partial charge in [0.05, 0.1) is 6.07 Å². The van der Waals surface area contributed by atoms with Crippen LogP contribution in [0.4, 0.5) is 0 Å². The van der Waals surface area contributed by atoms with Gasteiger partial charge in [-0.05, 0) is 6.42 Å². The second kappa shape index (κ2) is 2.92. The first-order valence-electron chi connectivity index (χ1n) is 1.92. The molecule has 31 valence electrons. The van der Waals surface area contributed by atoms with E-state index in [0.717, 1.165) is 6.42 Å². The molecule has 1 unspecified atom stereocenters. The van der Waals surface area contributed by atoms with E-state index in [1.54, 1.807) is 0 Å².